The third kappa shape index (κ3) is 5.83. The molecule has 0 heterocycles. The van der Waals surface area contributed by atoms with Crippen molar-refractivity contribution in [3.8, 4) is 5.75 Å². The Hall–Kier alpha value is -1.42. The van der Waals surface area contributed by atoms with Crippen molar-refractivity contribution in [3.05, 3.63) is 29.8 Å². The normalized spacial score (nSPS) is 10.8. The third-order valence-corrected chi connectivity index (χ3v) is 3.39. The van der Waals surface area contributed by atoms with Crippen LogP contribution in [0.5, 0.6) is 5.75 Å². The minimum absolute atomic E-state index is 0.702. The van der Waals surface area contributed by atoms with Crippen molar-refractivity contribution < 1.29 is 14.6 Å². The zero-order chi connectivity index (χ0) is 14.1. The van der Waals surface area contributed by atoms with Gasteiger partial charge in [0.25, 0.3) is 0 Å². The molecule has 1 rings (SSSR count). The van der Waals surface area contributed by atoms with Gasteiger partial charge in [-0.3, -0.25) is 0 Å². The van der Waals surface area contributed by atoms with Crippen LogP contribution in [0.15, 0.2) is 29.2 Å². The number of carboxylic acid groups (broad SMARTS) is 1. The van der Waals surface area contributed by atoms with E-state index in [0.717, 1.165) is 35.1 Å². The van der Waals surface area contributed by atoms with E-state index in [-0.39, 0.29) is 0 Å². The van der Waals surface area contributed by atoms with E-state index in [9.17, 15) is 4.79 Å². The van der Waals surface area contributed by atoms with E-state index in [1.165, 1.54) is 6.42 Å². The standard InChI is InChI=1S/C15H20O3S/c1-3-4-5-10-18-13-11-12(7-9-15(16)17)6-8-14(13)19-2/h6-9,11H,3-5,10H2,1-2H3,(H,16,17). The number of benzene rings is 1. The number of thioether (sulfide) groups is 1. The molecule has 4 heteroatoms. The first-order chi connectivity index (χ1) is 9.17. The molecule has 0 spiro atoms. The molecule has 0 aromatic heterocycles. The fraction of sp³-hybridized carbons (Fsp3) is 0.400. The van der Waals surface area contributed by atoms with Crippen LogP contribution in [0.25, 0.3) is 6.08 Å². The molecule has 1 aromatic carbocycles. The maximum atomic E-state index is 10.5. The minimum Gasteiger partial charge on any atom is -0.492 e. The molecule has 0 unspecified atom stereocenters. The number of unbranched alkanes of at least 4 members (excludes halogenated alkanes) is 2. The summed E-state index contributed by atoms with van der Waals surface area (Å²) in [5, 5.41) is 8.62. The summed E-state index contributed by atoms with van der Waals surface area (Å²) >= 11 is 1.63. The van der Waals surface area contributed by atoms with Crippen LogP contribution in [0.3, 0.4) is 0 Å². The lowest BCUT2D eigenvalue weighted by Gasteiger charge is -2.10. The maximum absolute atomic E-state index is 10.5. The summed E-state index contributed by atoms with van der Waals surface area (Å²) in [6.45, 7) is 2.86. The van der Waals surface area contributed by atoms with Crippen LogP contribution in [0.4, 0.5) is 0 Å². The Morgan fingerprint density at radius 1 is 1.42 bits per heavy atom. The molecule has 0 aliphatic heterocycles. The second-order valence-corrected chi connectivity index (χ2v) is 4.99. The molecule has 0 saturated carbocycles. The highest BCUT2D eigenvalue weighted by molar-refractivity contribution is 7.98. The van der Waals surface area contributed by atoms with Crippen LogP contribution in [0, 0.1) is 0 Å². The summed E-state index contributed by atoms with van der Waals surface area (Å²) in [7, 11) is 0. The first kappa shape index (κ1) is 15.6. The fourth-order valence-electron chi connectivity index (χ4n) is 1.61. The van der Waals surface area contributed by atoms with Crippen LogP contribution in [0.1, 0.15) is 31.7 Å². The Morgan fingerprint density at radius 2 is 2.21 bits per heavy atom. The predicted octanol–water partition coefficient (Wildman–Crippen LogP) is 4.08. The zero-order valence-electron chi connectivity index (χ0n) is 11.4. The van der Waals surface area contributed by atoms with E-state index < -0.39 is 5.97 Å². The molecule has 19 heavy (non-hydrogen) atoms. The first-order valence-electron chi connectivity index (χ1n) is 6.39. The average Bonchev–Trinajstić information content (AvgIpc) is 2.41. The third-order valence-electron chi connectivity index (χ3n) is 2.61. The minimum atomic E-state index is -0.945. The molecule has 1 aromatic rings. The van der Waals surface area contributed by atoms with Crippen molar-refractivity contribution in [2.45, 2.75) is 31.1 Å². The van der Waals surface area contributed by atoms with Gasteiger partial charge in [-0.05, 0) is 36.4 Å². The maximum Gasteiger partial charge on any atom is 0.328 e. The largest absolute Gasteiger partial charge is 0.492 e. The summed E-state index contributed by atoms with van der Waals surface area (Å²) in [6.07, 6.45) is 8.08. The molecule has 104 valence electrons. The van der Waals surface area contributed by atoms with Crippen molar-refractivity contribution in [2.24, 2.45) is 0 Å². The molecular formula is C15H20O3S. The van der Waals surface area contributed by atoms with Crippen LogP contribution in [-0.2, 0) is 4.79 Å². The molecular weight excluding hydrogens is 260 g/mol. The van der Waals surface area contributed by atoms with Gasteiger partial charge >= 0.3 is 5.97 Å². The van der Waals surface area contributed by atoms with Gasteiger partial charge < -0.3 is 9.84 Å². The van der Waals surface area contributed by atoms with Gasteiger partial charge in [0, 0.05) is 11.0 Å². The number of aliphatic carboxylic acids is 1. The van der Waals surface area contributed by atoms with E-state index in [2.05, 4.69) is 6.92 Å². The van der Waals surface area contributed by atoms with E-state index in [4.69, 9.17) is 9.84 Å². The molecule has 0 bridgehead atoms. The fourth-order valence-corrected chi connectivity index (χ4v) is 2.13. The average molecular weight is 280 g/mol. The second kappa shape index (κ2) is 8.64. The van der Waals surface area contributed by atoms with Gasteiger partial charge in [-0.25, -0.2) is 4.79 Å². The lowest BCUT2D eigenvalue weighted by molar-refractivity contribution is -0.131. The number of hydrogen-bond acceptors (Lipinski definition) is 3. The van der Waals surface area contributed by atoms with E-state index in [1.54, 1.807) is 17.8 Å². The van der Waals surface area contributed by atoms with Crippen molar-refractivity contribution in [2.75, 3.05) is 12.9 Å². The molecule has 0 saturated heterocycles. The number of rotatable bonds is 8. The zero-order valence-corrected chi connectivity index (χ0v) is 12.2. The Kier molecular flexibility index (Phi) is 7.11. The Labute approximate surface area is 118 Å². The van der Waals surface area contributed by atoms with Gasteiger partial charge in [0.1, 0.15) is 5.75 Å². The van der Waals surface area contributed by atoms with Crippen molar-refractivity contribution >= 4 is 23.8 Å². The molecule has 0 radical (unpaired) electrons. The number of carboxylic acids is 1. The molecule has 3 nitrogen and oxygen atoms in total. The van der Waals surface area contributed by atoms with Gasteiger partial charge in [0.05, 0.1) is 6.61 Å². The molecule has 0 atom stereocenters. The summed E-state index contributed by atoms with van der Waals surface area (Å²) in [4.78, 5) is 11.6. The number of carbonyl (C=O) groups is 1. The highest BCUT2D eigenvalue weighted by atomic mass is 32.2. The van der Waals surface area contributed by atoms with Crippen LogP contribution in [0.2, 0.25) is 0 Å². The van der Waals surface area contributed by atoms with E-state index in [1.807, 2.05) is 24.5 Å². The van der Waals surface area contributed by atoms with Crippen molar-refractivity contribution in [1.82, 2.24) is 0 Å². The summed E-state index contributed by atoms with van der Waals surface area (Å²) in [5.74, 6) is -0.115. The van der Waals surface area contributed by atoms with Crippen LogP contribution < -0.4 is 4.74 Å². The highest BCUT2D eigenvalue weighted by Gasteiger charge is 2.03. The van der Waals surface area contributed by atoms with Gasteiger partial charge in [0.15, 0.2) is 0 Å². The van der Waals surface area contributed by atoms with Crippen LogP contribution >= 0.6 is 11.8 Å². The Balaban J connectivity index is 2.75. The SMILES string of the molecule is CCCCCOc1cc(C=CC(=O)O)ccc1SC. The number of hydrogen-bond donors (Lipinski definition) is 1. The van der Waals surface area contributed by atoms with Crippen LogP contribution in [-0.4, -0.2) is 23.9 Å². The van der Waals surface area contributed by atoms with E-state index >= 15 is 0 Å². The van der Waals surface area contributed by atoms with Crippen molar-refractivity contribution in [1.29, 1.82) is 0 Å². The molecule has 0 amide bonds. The Bertz CT molecular complexity index is 441. The van der Waals surface area contributed by atoms with Gasteiger partial charge in [-0.2, -0.15) is 0 Å². The van der Waals surface area contributed by atoms with Gasteiger partial charge in [0.2, 0.25) is 0 Å². The summed E-state index contributed by atoms with van der Waals surface area (Å²) in [5.41, 5.74) is 0.839. The smallest absolute Gasteiger partial charge is 0.328 e. The lowest BCUT2D eigenvalue weighted by Crippen LogP contribution is -1.98. The second-order valence-electron chi connectivity index (χ2n) is 4.14. The summed E-state index contributed by atoms with van der Waals surface area (Å²) in [6, 6.07) is 5.74. The number of ether oxygens (including phenoxy) is 1. The van der Waals surface area contributed by atoms with Gasteiger partial charge in [-0.15, -0.1) is 11.8 Å². The monoisotopic (exact) mass is 280 g/mol. The quantitative estimate of drug-likeness (QED) is 0.443. The summed E-state index contributed by atoms with van der Waals surface area (Å²) < 4.78 is 5.78. The molecule has 0 fully saturated rings. The first-order valence-corrected chi connectivity index (χ1v) is 7.61. The molecule has 0 aliphatic carbocycles. The van der Waals surface area contributed by atoms with E-state index in [0.29, 0.717) is 6.61 Å². The highest BCUT2D eigenvalue weighted by Crippen LogP contribution is 2.29. The Morgan fingerprint density at radius 3 is 2.84 bits per heavy atom. The predicted molar refractivity (Wildman–Crippen MR) is 79.9 cm³/mol. The molecule has 1 N–H and O–H groups in total. The lowest BCUT2D eigenvalue weighted by atomic mass is 10.2. The molecule has 0 aliphatic rings. The van der Waals surface area contributed by atoms with Crippen molar-refractivity contribution in [3.63, 3.8) is 0 Å². The topological polar surface area (TPSA) is 46.5 Å². The van der Waals surface area contributed by atoms with Gasteiger partial charge in [-0.1, -0.05) is 25.8 Å².